The second-order valence-electron chi connectivity index (χ2n) is 4.48. The van der Waals surface area contributed by atoms with Crippen LogP contribution in [0.1, 0.15) is 29.1 Å². The van der Waals surface area contributed by atoms with Crippen molar-refractivity contribution < 1.29 is 0 Å². The van der Waals surface area contributed by atoms with Gasteiger partial charge in [-0.1, -0.05) is 0 Å². The minimum Gasteiger partial charge on any atom is -0.316 e. The number of hydrogen-bond acceptors (Lipinski definition) is 4. The number of hydrogen-bond donors (Lipinski definition) is 1. The molecule has 0 bridgehead atoms. The van der Waals surface area contributed by atoms with Gasteiger partial charge in [0.2, 0.25) is 0 Å². The van der Waals surface area contributed by atoms with Crippen LogP contribution in [-0.2, 0) is 12.8 Å². The highest BCUT2D eigenvalue weighted by Crippen LogP contribution is 2.31. The maximum Gasteiger partial charge on any atom is 0.188 e. The van der Waals surface area contributed by atoms with Crippen molar-refractivity contribution in [3.63, 3.8) is 0 Å². The van der Waals surface area contributed by atoms with E-state index < -0.39 is 0 Å². The van der Waals surface area contributed by atoms with Crippen LogP contribution in [-0.4, -0.2) is 9.97 Å². The zero-order valence-corrected chi connectivity index (χ0v) is 12.6. The molecule has 2 aromatic rings. The highest BCUT2D eigenvalue weighted by molar-refractivity contribution is 9.10. The van der Waals surface area contributed by atoms with Crippen molar-refractivity contribution in [2.45, 2.75) is 32.6 Å². The van der Waals surface area contributed by atoms with Gasteiger partial charge in [-0.25, -0.2) is 9.97 Å². The van der Waals surface area contributed by atoms with Crippen LogP contribution in [0.2, 0.25) is 0 Å². The fourth-order valence-corrected chi connectivity index (χ4v) is 3.41. The van der Waals surface area contributed by atoms with E-state index in [-0.39, 0.29) is 0 Å². The first-order valence-electron chi connectivity index (χ1n) is 6.11. The van der Waals surface area contributed by atoms with Crippen molar-refractivity contribution in [2.75, 3.05) is 5.32 Å². The number of aryl methyl sites for hydroxylation is 3. The average Bonchev–Trinajstić information content (AvgIpc) is 2.76. The van der Waals surface area contributed by atoms with Crippen molar-refractivity contribution in [3.05, 3.63) is 32.9 Å². The molecule has 94 valence electrons. The van der Waals surface area contributed by atoms with Gasteiger partial charge in [-0.3, -0.25) is 0 Å². The predicted molar refractivity (Wildman–Crippen MR) is 78.7 cm³/mol. The zero-order chi connectivity index (χ0) is 12.5. The Bertz CT molecular complexity index is 556. The smallest absolute Gasteiger partial charge is 0.188 e. The van der Waals surface area contributed by atoms with Crippen LogP contribution in [0, 0.1) is 6.92 Å². The van der Waals surface area contributed by atoms with E-state index in [1.165, 1.54) is 29.8 Å². The average molecular weight is 324 g/mol. The number of nitrogens with zero attached hydrogens (tertiary/aromatic N) is 2. The van der Waals surface area contributed by atoms with Crippen LogP contribution < -0.4 is 5.32 Å². The van der Waals surface area contributed by atoms with E-state index >= 15 is 0 Å². The van der Waals surface area contributed by atoms with Crippen LogP contribution in [0.15, 0.2) is 16.6 Å². The Kier molecular flexibility index (Phi) is 3.35. The molecule has 18 heavy (non-hydrogen) atoms. The minimum absolute atomic E-state index is 0.863. The fraction of sp³-hybridized carbons (Fsp3) is 0.385. The summed E-state index contributed by atoms with van der Waals surface area (Å²) in [5.74, 6) is 0.863. The largest absolute Gasteiger partial charge is 0.316 e. The molecule has 0 atom stereocenters. The van der Waals surface area contributed by atoms with Gasteiger partial charge in [-0.05, 0) is 60.7 Å². The molecular weight excluding hydrogens is 310 g/mol. The Morgan fingerprint density at radius 2 is 2.06 bits per heavy atom. The van der Waals surface area contributed by atoms with E-state index in [1.54, 1.807) is 11.3 Å². The molecule has 0 amide bonds. The van der Waals surface area contributed by atoms with E-state index in [0.29, 0.717) is 0 Å². The molecule has 1 N–H and O–H groups in total. The lowest BCUT2D eigenvalue weighted by molar-refractivity contribution is 0.683. The SMILES string of the molecule is Cc1nc(Nc2nc3c(s2)CCCC3)ccc1Br. The molecule has 5 heteroatoms. The van der Waals surface area contributed by atoms with Crippen molar-refractivity contribution >= 4 is 38.2 Å². The van der Waals surface area contributed by atoms with Crippen LogP contribution >= 0.6 is 27.3 Å². The van der Waals surface area contributed by atoms with Gasteiger partial charge in [0.15, 0.2) is 5.13 Å². The Morgan fingerprint density at radius 3 is 2.83 bits per heavy atom. The molecular formula is C13H14BrN3S. The van der Waals surface area contributed by atoms with E-state index in [2.05, 4.69) is 31.2 Å². The molecule has 3 rings (SSSR count). The van der Waals surface area contributed by atoms with Gasteiger partial charge < -0.3 is 5.32 Å². The molecule has 0 spiro atoms. The lowest BCUT2D eigenvalue weighted by Crippen LogP contribution is -1.99. The number of fused-ring (bicyclic) bond motifs is 1. The normalized spacial score (nSPS) is 14.3. The summed E-state index contributed by atoms with van der Waals surface area (Å²) < 4.78 is 1.03. The number of halogens is 1. The maximum absolute atomic E-state index is 4.65. The summed E-state index contributed by atoms with van der Waals surface area (Å²) in [5.41, 5.74) is 2.27. The quantitative estimate of drug-likeness (QED) is 0.898. The maximum atomic E-state index is 4.65. The van der Waals surface area contributed by atoms with E-state index in [9.17, 15) is 0 Å². The molecule has 1 aliphatic rings. The summed E-state index contributed by atoms with van der Waals surface area (Å²) in [7, 11) is 0. The summed E-state index contributed by atoms with van der Waals surface area (Å²) in [6, 6.07) is 3.98. The molecule has 0 aromatic carbocycles. The molecule has 3 nitrogen and oxygen atoms in total. The van der Waals surface area contributed by atoms with Gasteiger partial charge in [-0.15, -0.1) is 11.3 Å². The standard InChI is InChI=1S/C13H14BrN3S/c1-8-9(14)6-7-12(15-8)17-13-16-10-4-2-3-5-11(10)18-13/h6-7H,2-5H2,1H3,(H,15,16,17). The molecule has 0 saturated heterocycles. The third-order valence-corrected chi connectivity index (χ3v) is 5.01. The van der Waals surface area contributed by atoms with Gasteiger partial charge >= 0.3 is 0 Å². The fourth-order valence-electron chi connectivity index (χ4n) is 2.13. The van der Waals surface area contributed by atoms with Crippen LogP contribution in [0.5, 0.6) is 0 Å². The number of aromatic nitrogens is 2. The van der Waals surface area contributed by atoms with Crippen molar-refractivity contribution in [1.82, 2.24) is 9.97 Å². The number of thiazole rings is 1. The molecule has 2 aromatic heterocycles. The van der Waals surface area contributed by atoms with Gasteiger partial charge in [0.05, 0.1) is 11.4 Å². The molecule has 0 radical (unpaired) electrons. The Morgan fingerprint density at radius 1 is 1.22 bits per heavy atom. The van der Waals surface area contributed by atoms with Crippen LogP contribution in [0.3, 0.4) is 0 Å². The predicted octanol–water partition coefficient (Wildman–Crippen LogP) is 4.23. The summed E-state index contributed by atoms with van der Waals surface area (Å²) in [6.07, 6.45) is 4.87. The monoisotopic (exact) mass is 323 g/mol. The van der Waals surface area contributed by atoms with Gasteiger partial charge in [0.25, 0.3) is 0 Å². The number of rotatable bonds is 2. The van der Waals surface area contributed by atoms with Crippen molar-refractivity contribution in [1.29, 1.82) is 0 Å². The van der Waals surface area contributed by atoms with Crippen LogP contribution in [0.25, 0.3) is 0 Å². The summed E-state index contributed by atoms with van der Waals surface area (Å²) in [6.45, 7) is 1.99. The van der Waals surface area contributed by atoms with E-state index in [1.807, 2.05) is 19.1 Å². The number of anilines is 2. The first-order chi connectivity index (χ1) is 8.72. The molecule has 0 unspecified atom stereocenters. The van der Waals surface area contributed by atoms with Crippen molar-refractivity contribution in [3.8, 4) is 0 Å². The highest BCUT2D eigenvalue weighted by Gasteiger charge is 2.15. The molecule has 0 aliphatic heterocycles. The molecule has 2 heterocycles. The first-order valence-corrected chi connectivity index (χ1v) is 7.72. The first kappa shape index (κ1) is 12.1. The number of pyridine rings is 1. The van der Waals surface area contributed by atoms with E-state index in [4.69, 9.17) is 0 Å². The summed E-state index contributed by atoms with van der Waals surface area (Å²) in [4.78, 5) is 10.6. The highest BCUT2D eigenvalue weighted by atomic mass is 79.9. The summed E-state index contributed by atoms with van der Waals surface area (Å²) in [5, 5.41) is 4.27. The van der Waals surface area contributed by atoms with Gasteiger partial charge in [0.1, 0.15) is 5.82 Å². The Balaban J connectivity index is 1.83. The molecule has 1 aliphatic carbocycles. The second-order valence-corrected chi connectivity index (χ2v) is 6.42. The summed E-state index contributed by atoms with van der Waals surface area (Å²) >= 11 is 5.22. The topological polar surface area (TPSA) is 37.8 Å². The van der Waals surface area contributed by atoms with E-state index in [0.717, 1.165) is 27.5 Å². The number of nitrogens with one attached hydrogen (secondary N) is 1. The Hall–Kier alpha value is -0.940. The minimum atomic E-state index is 0.863. The van der Waals surface area contributed by atoms with Gasteiger partial charge in [-0.2, -0.15) is 0 Å². The lowest BCUT2D eigenvalue weighted by Gasteiger charge is -2.06. The van der Waals surface area contributed by atoms with Gasteiger partial charge in [0, 0.05) is 9.35 Å². The molecule has 0 saturated carbocycles. The zero-order valence-electron chi connectivity index (χ0n) is 10.2. The van der Waals surface area contributed by atoms with Crippen LogP contribution in [0.4, 0.5) is 10.9 Å². The Labute approximate surface area is 119 Å². The molecule has 0 fully saturated rings. The second kappa shape index (κ2) is 4.97. The lowest BCUT2D eigenvalue weighted by atomic mass is 10.0. The van der Waals surface area contributed by atoms with Crippen molar-refractivity contribution in [2.24, 2.45) is 0 Å². The third-order valence-electron chi connectivity index (χ3n) is 3.10. The third kappa shape index (κ3) is 2.42.